The summed E-state index contributed by atoms with van der Waals surface area (Å²) in [5, 5.41) is 0. The van der Waals surface area contributed by atoms with Gasteiger partial charge in [-0.3, -0.25) is 0 Å². The lowest BCUT2D eigenvalue weighted by Crippen LogP contribution is -2.51. The Balaban J connectivity index is 2.27. The zero-order valence-electron chi connectivity index (χ0n) is 15.3. The van der Waals surface area contributed by atoms with E-state index in [1.807, 2.05) is 0 Å². The SMILES string of the molecule is CO[C@@]1(C(F)(F)F)CCc2c(S(=O)(=O)Cl)cn(S(=O)(=O)c3ccc(C)cc3)c2C1. The molecule has 0 saturated carbocycles. The molecule has 1 aliphatic carbocycles. The molecule has 0 unspecified atom stereocenters. The Labute approximate surface area is 170 Å². The summed E-state index contributed by atoms with van der Waals surface area (Å²) < 4.78 is 96.6. The fraction of sp³-hybridized carbons (Fsp3) is 0.412. The Morgan fingerprint density at radius 1 is 1.14 bits per heavy atom. The standard InChI is InChI=1S/C17H17ClF3NO5S2/c1-11-3-5-12(6-4-11)29(25,26)22-10-15(28(18,23)24)13-7-8-16(27-2,9-14(13)22)17(19,20)21/h3-6,10H,7-9H2,1-2H3/t16-/m0/s1. The number of hydrogen-bond acceptors (Lipinski definition) is 5. The third kappa shape index (κ3) is 3.69. The van der Waals surface area contributed by atoms with Gasteiger partial charge in [-0.15, -0.1) is 0 Å². The van der Waals surface area contributed by atoms with Crippen LogP contribution in [0.3, 0.4) is 0 Å². The van der Waals surface area contributed by atoms with Crippen LogP contribution in [0.4, 0.5) is 13.2 Å². The monoisotopic (exact) mass is 471 g/mol. The van der Waals surface area contributed by atoms with Crippen molar-refractivity contribution < 1.29 is 34.7 Å². The normalized spacial score (nSPS) is 20.5. The number of halogens is 4. The van der Waals surface area contributed by atoms with Crippen LogP contribution in [0.15, 0.2) is 40.3 Å². The minimum absolute atomic E-state index is 0.0485. The predicted octanol–water partition coefficient (Wildman–Crippen LogP) is 3.40. The summed E-state index contributed by atoms with van der Waals surface area (Å²) in [6, 6.07) is 5.64. The van der Waals surface area contributed by atoms with Crippen molar-refractivity contribution in [3.8, 4) is 0 Å². The average molecular weight is 472 g/mol. The van der Waals surface area contributed by atoms with Crippen molar-refractivity contribution in [2.45, 2.75) is 47.8 Å². The van der Waals surface area contributed by atoms with Gasteiger partial charge in [0.2, 0.25) is 0 Å². The van der Waals surface area contributed by atoms with Crippen LogP contribution in [0, 0.1) is 6.92 Å². The second-order valence-electron chi connectivity index (χ2n) is 6.84. The van der Waals surface area contributed by atoms with E-state index in [9.17, 15) is 30.0 Å². The van der Waals surface area contributed by atoms with Crippen LogP contribution in [0.25, 0.3) is 0 Å². The molecule has 0 radical (unpaired) electrons. The van der Waals surface area contributed by atoms with Crippen LogP contribution in [-0.4, -0.2) is 39.7 Å². The van der Waals surface area contributed by atoms with Gasteiger partial charge in [-0.25, -0.2) is 20.8 Å². The van der Waals surface area contributed by atoms with Gasteiger partial charge in [0.25, 0.3) is 19.1 Å². The maximum absolute atomic E-state index is 13.7. The second kappa shape index (κ2) is 7.00. The molecule has 0 saturated heterocycles. The van der Waals surface area contributed by atoms with Gasteiger partial charge in [0.05, 0.1) is 4.90 Å². The van der Waals surface area contributed by atoms with Crippen molar-refractivity contribution in [2.75, 3.05) is 7.11 Å². The van der Waals surface area contributed by atoms with Gasteiger partial charge in [0, 0.05) is 36.1 Å². The van der Waals surface area contributed by atoms with Gasteiger partial charge in [0.15, 0.2) is 5.60 Å². The van der Waals surface area contributed by atoms with E-state index in [0.29, 0.717) is 3.97 Å². The number of benzene rings is 1. The average Bonchev–Trinajstić information content (AvgIpc) is 3.00. The Kier molecular flexibility index (Phi) is 5.34. The molecule has 0 bridgehead atoms. The maximum atomic E-state index is 13.7. The van der Waals surface area contributed by atoms with Crippen LogP contribution < -0.4 is 0 Å². The van der Waals surface area contributed by atoms with E-state index in [4.69, 9.17) is 15.4 Å². The maximum Gasteiger partial charge on any atom is 0.417 e. The molecular formula is C17H17ClF3NO5S2. The van der Waals surface area contributed by atoms with Crippen LogP contribution in [-0.2, 0) is 36.7 Å². The molecule has 1 aliphatic rings. The molecule has 160 valence electrons. The number of ether oxygens (including phenoxy) is 1. The summed E-state index contributed by atoms with van der Waals surface area (Å²) >= 11 is 0. The lowest BCUT2D eigenvalue weighted by molar-refractivity contribution is -0.273. The molecule has 0 fully saturated rings. The molecule has 6 nitrogen and oxygen atoms in total. The highest BCUT2D eigenvalue weighted by atomic mass is 35.7. The molecule has 12 heteroatoms. The molecular weight excluding hydrogens is 455 g/mol. The summed E-state index contributed by atoms with van der Waals surface area (Å²) in [4.78, 5) is -0.711. The van der Waals surface area contributed by atoms with Crippen molar-refractivity contribution in [1.29, 1.82) is 0 Å². The van der Waals surface area contributed by atoms with Crippen LogP contribution in [0.1, 0.15) is 23.2 Å². The number of fused-ring (bicyclic) bond motifs is 1. The fourth-order valence-electron chi connectivity index (χ4n) is 3.46. The highest BCUT2D eigenvalue weighted by molar-refractivity contribution is 8.13. The number of aryl methyl sites for hydroxylation is 1. The fourth-order valence-corrected chi connectivity index (χ4v) is 6.08. The number of methoxy groups -OCH3 is 1. The first-order valence-electron chi connectivity index (χ1n) is 8.35. The highest BCUT2D eigenvalue weighted by Gasteiger charge is 2.58. The van der Waals surface area contributed by atoms with E-state index < -0.39 is 48.6 Å². The summed E-state index contributed by atoms with van der Waals surface area (Å²) in [6.07, 6.45) is -5.80. The lowest BCUT2D eigenvalue weighted by Gasteiger charge is -2.38. The molecule has 1 aromatic carbocycles. The van der Waals surface area contributed by atoms with Crippen molar-refractivity contribution in [3.05, 3.63) is 47.3 Å². The Morgan fingerprint density at radius 3 is 2.21 bits per heavy atom. The molecule has 3 rings (SSSR count). The zero-order valence-corrected chi connectivity index (χ0v) is 17.7. The van der Waals surface area contributed by atoms with Crippen molar-refractivity contribution in [1.82, 2.24) is 3.97 Å². The molecule has 1 atom stereocenters. The highest BCUT2D eigenvalue weighted by Crippen LogP contribution is 2.45. The number of rotatable bonds is 4. The van der Waals surface area contributed by atoms with Crippen LogP contribution >= 0.6 is 10.7 Å². The van der Waals surface area contributed by atoms with E-state index in [2.05, 4.69) is 0 Å². The molecule has 1 heterocycles. The Bertz CT molecular complexity index is 1150. The number of alkyl halides is 3. The molecule has 29 heavy (non-hydrogen) atoms. The van der Waals surface area contributed by atoms with E-state index in [-0.39, 0.29) is 22.6 Å². The number of aromatic nitrogens is 1. The third-order valence-corrected chi connectivity index (χ3v) is 8.21. The largest absolute Gasteiger partial charge is 0.417 e. The summed E-state index contributed by atoms with van der Waals surface area (Å²) in [7, 11) is -2.44. The van der Waals surface area contributed by atoms with Crippen molar-refractivity contribution in [3.63, 3.8) is 0 Å². The van der Waals surface area contributed by atoms with Crippen molar-refractivity contribution in [2.24, 2.45) is 0 Å². The predicted molar refractivity (Wildman–Crippen MR) is 99.1 cm³/mol. The quantitative estimate of drug-likeness (QED) is 0.638. The lowest BCUT2D eigenvalue weighted by atomic mass is 9.83. The van der Waals surface area contributed by atoms with Crippen molar-refractivity contribution >= 4 is 29.8 Å². The van der Waals surface area contributed by atoms with Gasteiger partial charge in [-0.1, -0.05) is 17.7 Å². The minimum Gasteiger partial charge on any atom is -0.368 e. The summed E-state index contributed by atoms with van der Waals surface area (Å²) in [5.41, 5.74) is -2.22. The molecule has 0 N–H and O–H groups in total. The minimum atomic E-state index is -4.79. The van der Waals surface area contributed by atoms with E-state index in [0.717, 1.165) is 18.9 Å². The second-order valence-corrected chi connectivity index (χ2v) is 11.2. The number of hydrogen-bond donors (Lipinski definition) is 0. The summed E-state index contributed by atoms with van der Waals surface area (Å²) in [6.45, 7) is 1.74. The topological polar surface area (TPSA) is 82.4 Å². The molecule has 0 amide bonds. The Morgan fingerprint density at radius 2 is 1.72 bits per heavy atom. The first kappa shape index (κ1) is 22.1. The summed E-state index contributed by atoms with van der Waals surface area (Å²) in [5.74, 6) is 0. The van der Waals surface area contributed by atoms with Gasteiger partial charge in [0.1, 0.15) is 4.90 Å². The van der Waals surface area contributed by atoms with Gasteiger partial charge in [-0.2, -0.15) is 13.2 Å². The van der Waals surface area contributed by atoms with E-state index in [1.54, 1.807) is 6.92 Å². The third-order valence-electron chi connectivity index (χ3n) is 5.13. The molecule has 0 spiro atoms. The van der Waals surface area contributed by atoms with Gasteiger partial charge >= 0.3 is 6.18 Å². The first-order chi connectivity index (χ1) is 13.2. The molecule has 0 aliphatic heterocycles. The molecule has 2 aromatic rings. The zero-order chi connectivity index (χ0) is 21.8. The van der Waals surface area contributed by atoms with Crippen LogP contribution in [0.5, 0.6) is 0 Å². The van der Waals surface area contributed by atoms with E-state index in [1.165, 1.54) is 24.3 Å². The Hall–Kier alpha value is -1.56. The molecule has 1 aromatic heterocycles. The smallest absolute Gasteiger partial charge is 0.368 e. The van der Waals surface area contributed by atoms with Crippen LogP contribution in [0.2, 0.25) is 0 Å². The van der Waals surface area contributed by atoms with E-state index >= 15 is 0 Å². The number of nitrogens with zero attached hydrogens (tertiary/aromatic N) is 1. The van der Waals surface area contributed by atoms with Gasteiger partial charge < -0.3 is 4.74 Å². The van der Waals surface area contributed by atoms with Gasteiger partial charge in [-0.05, 0) is 37.5 Å². The first-order valence-corrected chi connectivity index (χ1v) is 12.1.